The van der Waals surface area contributed by atoms with Crippen molar-refractivity contribution in [3.63, 3.8) is 0 Å². The van der Waals surface area contributed by atoms with E-state index in [-0.39, 0.29) is 5.91 Å². The summed E-state index contributed by atoms with van der Waals surface area (Å²) in [6.45, 7) is 5.97. The van der Waals surface area contributed by atoms with Gasteiger partial charge in [-0.1, -0.05) is 28.9 Å². The van der Waals surface area contributed by atoms with Crippen molar-refractivity contribution in [2.75, 3.05) is 18.4 Å². The Morgan fingerprint density at radius 1 is 1.21 bits per heavy atom. The van der Waals surface area contributed by atoms with Crippen molar-refractivity contribution >= 4 is 33.2 Å². The van der Waals surface area contributed by atoms with Crippen LogP contribution in [0.3, 0.4) is 0 Å². The zero-order valence-electron chi connectivity index (χ0n) is 14.1. The van der Waals surface area contributed by atoms with Crippen molar-refractivity contribution < 1.29 is 4.79 Å². The summed E-state index contributed by atoms with van der Waals surface area (Å²) >= 11 is 3.54. The number of carbonyl (C=O) groups is 1. The van der Waals surface area contributed by atoms with Gasteiger partial charge in [0.2, 0.25) is 0 Å². The van der Waals surface area contributed by atoms with Gasteiger partial charge in [0.05, 0.1) is 17.4 Å². The molecule has 4 nitrogen and oxygen atoms in total. The first-order valence-corrected chi connectivity index (χ1v) is 9.10. The molecule has 1 aliphatic rings. The number of nitrogens with one attached hydrogen (secondary N) is 1. The van der Waals surface area contributed by atoms with Crippen molar-refractivity contribution in [2.45, 2.75) is 26.7 Å². The van der Waals surface area contributed by atoms with Crippen molar-refractivity contribution in [1.29, 1.82) is 0 Å². The summed E-state index contributed by atoms with van der Waals surface area (Å²) in [6, 6.07) is 7.96. The molecule has 1 N–H and O–H groups in total. The standard InChI is InChI=1S/C19H22BrN3O/c1-13-5-7-23(8-6-13)19(24)15-9-17(12-21-11-15)22-16-4-3-14(2)18(20)10-16/h3-4,9-13,22H,5-8H2,1-2H3. The molecule has 0 atom stereocenters. The van der Waals surface area contributed by atoms with E-state index in [0.717, 1.165) is 41.8 Å². The maximum absolute atomic E-state index is 12.7. The Labute approximate surface area is 151 Å². The van der Waals surface area contributed by atoms with Gasteiger partial charge in [0.1, 0.15) is 0 Å². The quantitative estimate of drug-likeness (QED) is 0.824. The lowest BCUT2D eigenvalue weighted by Crippen LogP contribution is -2.37. The third-order valence-electron chi connectivity index (χ3n) is 4.52. The molecule has 0 unspecified atom stereocenters. The Hall–Kier alpha value is -1.88. The van der Waals surface area contributed by atoms with Crippen molar-refractivity contribution in [3.8, 4) is 0 Å². The molecule has 3 rings (SSSR count). The molecular formula is C19H22BrN3O. The van der Waals surface area contributed by atoms with Crippen LogP contribution < -0.4 is 5.32 Å². The van der Waals surface area contributed by atoms with Gasteiger partial charge in [0.15, 0.2) is 0 Å². The second-order valence-corrected chi connectivity index (χ2v) is 7.38. The topological polar surface area (TPSA) is 45.2 Å². The Bertz CT molecular complexity index is 739. The lowest BCUT2D eigenvalue weighted by Gasteiger charge is -2.30. The van der Waals surface area contributed by atoms with Gasteiger partial charge < -0.3 is 10.2 Å². The molecule has 1 saturated heterocycles. The molecule has 1 aromatic carbocycles. The maximum Gasteiger partial charge on any atom is 0.255 e. The van der Waals surface area contributed by atoms with E-state index in [1.54, 1.807) is 12.4 Å². The van der Waals surface area contributed by atoms with E-state index in [9.17, 15) is 4.79 Å². The molecule has 5 heteroatoms. The van der Waals surface area contributed by atoms with Crippen LogP contribution in [0, 0.1) is 12.8 Å². The third-order valence-corrected chi connectivity index (χ3v) is 5.37. The second kappa shape index (κ2) is 7.34. The van der Waals surface area contributed by atoms with Gasteiger partial charge in [-0.15, -0.1) is 0 Å². The number of pyridine rings is 1. The van der Waals surface area contributed by atoms with Crippen molar-refractivity contribution in [3.05, 3.63) is 52.3 Å². The number of hydrogen-bond acceptors (Lipinski definition) is 3. The van der Waals surface area contributed by atoms with Gasteiger partial charge in [-0.05, 0) is 49.4 Å². The van der Waals surface area contributed by atoms with Gasteiger partial charge in [0.25, 0.3) is 5.91 Å². The summed E-state index contributed by atoms with van der Waals surface area (Å²) in [5.74, 6) is 0.781. The SMILES string of the molecule is Cc1ccc(Nc2cncc(C(=O)N3CCC(C)CC3)c2)cc1Br. The Morgan fingerprint density at radius 3 is 2.67 bits per heavy atom. The summed E-state index contributed by atoms with van der Waals surface area (Å²) in [6.07, 6.45) is 5.54. The maximum atomic E-state index is 12.7. The normalized spacial score (nSPS) is 15.4. The Kier molecular flexibility index (Phi) is 5.19. The van der Waals surface area contributed by atoms with Crippen LogP contribution in [0.15, 0.2) is 41.1 Å². The summed E-state index contributed by atoms with van der Waals surface area (Å²) in [7, 11) is 0. The Balaban J connectivity index is 1.73. The van der Waals surface area contributed by atoms with E-state index in [1.165, 1.54) is 5.56 Å². The predicted molar refractivity (Wildman–Crippen MR) is 101 cm³/mol. The van der Waals surface area contributed by atoms with Gasteiger partial charge in [-0.2, -0.15) is 0 Å². The van der Waals surface area contributed by atoms with E-state index in [0.29, 0.717) is 11.5 Å². The molecule has 0 bridgehead atoms. The van der Waals surface area contributed by atoms with Crippen LogP contribution in [0.5, 0.6) is 0 Å². The predicted octanol–water partition coefficient (Wildman–Crippen LogP) is 4.77. The number of anilines is 2. The zero-order chi connectivity index (χ0) is 17.1. The highest BCUT2D eigenvalue weighted by molar-refractivity contribution is 9.10. The zero-order valence-corrected chi connectivity index (χ0v) is 15.6. The second-order valence-electron chi connectivity index (χ2n) is 6.53. The summed E-state index contributed by atoms with van der Waals surface area (Å²) in [5.41, 5.74) is 3.61. The molecule has 1 amide bonds. The van der Waals surface area contributed by atoms with Crippen molar-refractivity contribution in [2.24, 2.45) is 5.92 Å². The van der Waals surface area contributed by atoms with Crippen LogP contribution in [0.2, 0.25) is 0 Å². The Morgan fingerprint density at radius 2 is 1.96 bits per heavy atom. The lowest BCUT2D eigenvalue weighted by molar-refractivity contribution is 0.0697. The summed E-state index contributed by atoms with van der Waals surface area (Å²) in [5, 5.41) is 3.31. The number of aryl methyl sites for hydroxylation is 1. The third kappa shape index (κ3) is 3.96. The number of amides is 1. The number of rotatable bonds is 3. The van der Waals surface area contributed by atoms with Gasteiger partial charge in [0, 0.05) is 29.4 Å². The number of carbonyl (C=O) groups excluding carboxylic acids is 1. The smallest absolute Gasteiger partial charge is 0.255 e. The fraction of sp³-hybridized carbons (Fsp3) is 0.368. The molecule has 0 radical (unpaired) electrons. The number of nitrogens with zero attached hydrogens (tertiary/aromatic N) is 2. The fourth-order valence-corrected chi connectivity index (χ4v) is 3.24. The molecule has 0 aliphatic carbocycles. The van der Waals surface area contributed by atoms with E-state index in [2.05, 4.69) is 33.2 Å². The molecule has 24 heavy (non-hydrogen) atoms. The average molecular weight is 388 g/mol. The van der Waals surface area contributed by atoms with Gasteiger partial charge >= 0.3 is 0 Å². The molecular weight excluding hydrogens is 366 g/mol. The van der Waals surface area contributed by atoms with E-state index >= 15 is 0 Å². The lowest BCUT2D eigenvalue weighted by atomic mass is 9.99. The van der Waals surface area contributed by atoms with E-state index in [4.69, 9.17) is 0 Å². The first-order valence-electron chi connectivity index (χ1n) is 8.30. The van der Waals surface area contributed by atoms with Crippen LogP contribution in [0.1, 0.15) is 35.7 Å². The molecule has 1 fully saturated rings. The first kappa shape index (κ1) is 17.0. The molecule has 0 spiro atoms. The number of halogens is 1. The van der Waals surface area contributed by atoms with E-state index in [1.807, 2.05) is 36.1 Å². The highest BCUT2D eigenvalue weighted by Gasteiger charge is 2.21. The summed E-state index contributed by atoms with van der Waals surface area (Å²) in [4.78, 5) is 18.8. The largest absolute Gasteiger partial charge is 0.354 e. The molecule has 1 aromatic heterocycles. The minimum atomic E-state index is 0.0723. The molecule has 2 heterocycles. The minimum absolute atomic E-state index is 0.0723. The van der Waals surface area contributed by atoms with Gasteiger partial charge in [-0.3, -0.25) is 9.78 Å². The van der Waals surface area contributed by atoms with Gasteiger partial charge in [-0.25, -0.2) is 0 Å². The van der Waals surface area contributed by atoms with Crippen LogP contribution in [-0.2, 0) is 0 Å². The van der Waals surface area contributed by atoms with Crippen LogP contribution in [-0.4, -0.2) is 28.9 Å². The number of aromatic nitrogens is 1. The molecule has 2 aromatic rings. The number of piperidine rings is 1. The average Bonchev–Trinajstić information content (AvgIpc) is 2.58. The number of hydrogen-bond donors (Lipinski definition) is 1. The number of benzene rings is 1. The number of likely N-dealkylation sites (tertiary alicyclic amines) is 1. The van der Waals surface area contributed by atoms with Crippen LogP contribution in [0.4, 0.5) is 11.4 Å². The molecule has 0 saturated carbocycles. The summed E-state index contributed by atoms with van der Waals surface area (Å²) < 4.78 is 1.05. The van der Waals surface area contributed by atoms with Crippen LogP contribution >= 0.6 is 15.9 Å². The first-order chi connectivity index (χ1) is 11.5. The highest BCUT2D eigenvalue weighted by atomic mass is 79.9. The highest BCUT2D eigenvalue weighted by Crippen LogP contribution is 2.24. The minimum Gasteiger partial charge on any atom is -0.354 e. The fourth-order valence-electron chi connectivity index (χ4n) is 2.86. The van der Waals surface area contributed by atoms with Crippen molar-refractivity contribution in [1.82, 2.24) is 9.88 Å². The van der Waals surface area contributed by atoms with Crippen LogP contribution in [0.25, 0.3) is 0 Å². The van der Waals surface area contributed by atoms with E-state index < -0.39 is 0 Å². The molecule has 1 aliphatic heterocycles. The monoisotopic (exact) mass is 387 g/mol. The molecule has 126 valence electrons.